The Labute approximate surface area is 190 Å². The molecule has 2 aromatic rings. The number of carbonyl (C=O) groups excluding carboxylic acids is 2. The van der Waals surface area contributed by atoms with Crippen molar-refractivity contribution in [2.75, 3.05) is 12.9 Å². The lowest BCUT2D eigenvalue weighted by molar-refractivity contribution is -0.141. The fourth-order valence-corrected chi connectivity index (χ4v) is 4.23. The first kappa shape index (κ1) is 24.8. The lowest BCUT2D eigenvalue weighted by atomic mass is 10.1. The minimum absolute atomic E-state index is 0.00543. The van der Waals surface area contributed by atoms with Gasteiger partial charge in [0.15, 0.2) is 0 Å². The monoisotopic (exact) mass is 442 g/mol. The van der Waals surface area contributed by atoms with Crippen molar-refractivity contribution in [1.29, 1.82) is 0 Å². The minimum atomic E-state index is -0.500. The predicted molar refractivity (Wildman–Crippen MR) is 128 cm³/mol. The van der Waals surface area contributed by atoms with Crippen LogP contribution in [0.3, 0.4) is 0 Å². The molecule has 0 aliphatic carbocycles. The second-order valence-electron chi connectivity index (χ2n) is 7.75. The third-order valence-electron chi connectivity index (χ3n) is 4.88. The summed E-state index contributed by atoms with van der Waals surface area (Å²) >= 11 is 1.73. The van der Waals surface area contributed by atoms with Crippen LogP contribution in [0.15, 0.2) is 54.6 Å². The number of methoxy groups -OCH3 is 1. The lowest BCUT2D eigenvalue weighted by Crippen LogP contribution is -2.50. The Balaban J connectivity index is 2.08. The van der Waals surface area contributed by atoms with Crippen molar-refractivity contribution >= 4 is 23.6 Å². The number of hydrogen-bond donors (Lipinski definition) is 1. The number of nitrogens with zero attached hydrogens (tertiary/aromatic N) is 1. The molecule has 2 amide bonds. The first-order chi connectivity index (χ1) is 14.9. The van der Waals surface area contributed by atoms with Gasteiger partial charge in [0.25, 0.3) is 0 Å². The van der Waals surface area contributed by atoms with E-state index in [1.807, 2.05) is 63.2 Å². The Morgan fingerprint density at radius 1 is 1.06 bits per heavy atom. The highest BCUT2D eigenvalue weighted by molar-refractivity contribution is 7.98. The van der Waals surface area contributed by atoms with Crippen LogP contribution in [0, 0.1) is 0 Å². The highest BCUT2D eigenvalue weighted by Gasteiger charge is 2.28. The summed E-state index contributed by atoms with van der Waals surface area (Å²) in [7, 11) is 1.62. The first-order valence-electron chi connectivity index (χ1n) is 10.8. The van der Waals surface area contributed by atoms with E-state index in [0.29, 0.717) is 25.1 Å². The van der Waals surface area contributed by atoms with Crippen LogP contribution in [0.25, 0.3) is 0 Å². The molecule has 1 unspecified atom stereocenters. The molecule has 0 bridgehead atoms. The summed E-state index contributed by atoms with van der Waals surface area (Å²) in [4.78, 5) is 27.7. The maximum absolute atomic E-state index is 13.2. The molecule has 0 radical (unpaired) electrons. The van der Waals surface area contributed by atoms with Crippen LogP contribution >= 0.6 is 11.8 Å². The van der Waals surface area contributed by atoms with Crippen LogP contribution in [-0.2, 0) is 21.9 Å². The van der Waals surface area contributed by atoms with E-state index in [9.17, 15) is 9.59 Å². The molecule has 6 heteroatoms. The molecule has 2 aromatic carbocycles. The van der Waals surface area contributed by atoms with Crippen molar-refractivity contribution in [2.45, 2.75) is 58.0 Å². The van der Waals surface area contributed by atoms with Gasteiger partial charge < -0.3 is 15.0 Å². The van der Waals surface area contributed by atoms with Crippen LogP contribution in [-0.4, -0.2) is 41.7 Å². The van der Waals surface area contributed by atoms with Crippen molar-refractivity contribution in [3.8, 4) is 5.75 Å². The molecule has 1 atom stereocenters. The number of rotatable bonds is 12. The van der Waals surface area contributed by atoms with Gasteiger partial charge in [-0.3, -0.25) is 9.59 Å². The van der Waals surface area contributed by atoms with E-state index in [2.05, 4.69) is 17.4 Å². The quantitative estimate of drug-likeness (QED) is 0.486. The van der Waals surface area contributed by atoms with Crippen molar-refractivity contribution in [3.05, 3.63) is 65.7 Å². The van der Waals surface area contributed by atoms with E-state index < -0.39 is 6.04 Å². The summed E-state index contributed by atoms with van der Waals surface area (Å²) in [6.07, 6.45) is 0.957. The number of thioether (sulfide) groups is 1. The zero-order chi connectivity index (χ0) is 22.6. The molecular weight excluding hydrogens is 408 g/mol. The van der Waals surface area contributed by atoms with E-state index in [-0.39, 0.29) is 17.9 Å². The van der Waals surface area contributed by atoms with Gasteiger partial charge in [-0.25, -0.2) is 0 Å². The molecule has 0 heterocycles. The van der Waals surface area contributed by atoms with E-state index in [1.165, 1.54) is 5.56 Å². The highest BCUT2D eigenvalue weighted by atomic mass is 32.2. The smallest absolute Gasteiger partial charge is 0.243 e. The Bertz CT molecular complexity index is 827. The lowest BCUT2D eigenvalue weighted by Gasteiger charge is -2.31. The second kappa shape index (κ2) is 13.1. The SMILES string of the molecule is CCC(C(=O)NC(C)C)N(Cc1cccc(OC)c1)C(=O)CCSCc1ccccc1. The molecule has 31 heavy (non-hydrogen) atoms. The van der Waals surface area contributed by atoms with Crippen LogP contribution in [0.2, 0.25) is 0 Å². The summed E-state index contributed by atoms with van der Waals surface area (Å²) in [5, 5.41) is 2.96. The van der Waals surface area contributed by atoms with E-state index in [0.717, 1.165) is 17.1 Å². The van der Waals surface area contributed by atoms with Gasteiger partial charge in [-0.2, -0.15) is 11.8 Å². The molecule has 0 spiro atoms. The Morgan fingerprint density at radius 2 is 1.77 bits per heavy atom. The minimum Gasteiger partial charge on any atom is -0.497 e. The Hall–Kier alpha value is -2.47. The average molecular weight is 443 g/mol. The summed E-state index contributed by atoms with van der Waals surface area (Å²) in [5.41, 5.74) is 2.19. The normalized spacial score (nSPS) is 11.8. The molecule has 0 saturated heterocycles. The van der Waals surface area contributed by atoms with Crippen molar-refractivity contribution < 1.29 is 14.3 Å². The maximum atomic E-state index is 13.2. The zero-order valence-corrected chi connectivity index (χ0v) is 19.8. The van der Waals surface area contributed by atoms with Gasteiger partial charge in [0.2, 0.25) is 11.8 Å². The van der Waals surface area contributed by atoms with Crippen molar-refractivity contribution in [1.82, 2.24) is 10.2 Å². The molecule has 1 N–H and O–H groups in total. The average Bonchev–Trinajstić information content (AvgIpc) is 2.76. The molecule has 0 saturated carbocycles. The summed E-state index contributed by atoms with van der Waals surface area (Å²) in [5.74, 6) is 2.21. The van der Waals surface area contributed by atoms with Crippen molar-refractivity contribution in [3.63, 3.8) is 0 Å². The van der Waals surface area contributed by atoms with Crippen LogP contribution in [0.5, 0.6) is 5.75 Å². The van der Waals surface area contributed by atoms with Gasteiger partial charge in [0.05, 0.1) is 7.11 Å². The topological polar surface area (TPSA) is 58.6 Å². The number of benzene rings is 2. The van der Waals surface area contributed by atoms with Crippen molar-refractivity contribution in [2.24, 2.45) is 0 Å². The molecule has 2 rings (SSSR count). The van der Waals surface area contributed by atoms with Gasteiger partial charge >= 0.3 is 0 Å². The molecular formula is C25H34N2O3S. The molecule has 0 aliphatic rings. The fourth-order valence-electron chi connectivity index (χ4n) is 3.34. The molecule has 0 fully saturated rings. The molecule has 0 aliphatic heterocycles. The third kappa shape index (κ3) is 8.29. The van der Waals surface area contributed by atoms with Gasteiger partial charge in [0.1, 0.15) is 11.8 Å². The molecule has 0 aromatic heterocycles. The van der Waals surface area contributed by atoms with E-state index in [1.54, 1.807) is 23.8 Å². The summed E-state index contributed by atoms with van der Waals surface area (Å²) < 4.78 is 5.32. The first-order valence-corrected chi connectivity index (χ1v) is 11.9. The van der Waals surface area contributed by atoms with Gasteiger partial charge in [-0.1, -0.05) is 49.4 Å². The summed E-state index contributed by atoms with van der Waals surface area (Å²) in [6, 6.07) is 17.4. The number of ether oxygens (including phenoxy) is 1. The van der Waals surface area contributed by atoms with E-state index >= 15 is 0 Å². The zero-order valence-electron chi connectivity index (χ0n) is 19.0. The number of carbonyl (C=O) groups is 2. The summed E-state index contributed by atoms with van der Waals surface area (Å²) in [6.45, 7) is 6.18. The predicted octanol–water partition coefficient (Wildman–Crippen LogP) is 4.65. The van der Waals surface area contributed by atoms with E-state index in [4.69, 9.17) is 4.74 Å². The molecule has 5 nitrogen and oxygen atoms in total. The third-order valence-corrected chi connectivity index (χ3v) is 5.91. The number of hydrogen-bond acceptors (Lipinski definition) is 4. The van der Waals surface area contributed by atoms with Gasteiger partial charge in [0, 0.05) is 30.5 Å². The number of nitrogens with one attached hydrogen (secondary N) is 1. The Morgan fingerprint density at radius 3 is 2.42 bits per heavy atom. The molecule has 168 valence electrons. The number of amides is 2. The largest absolute Gasteiger partial charge is 0.497 e. The van der Waals surface area contributed by atoms with Crippen LogP contribution < -0.4 is 10.1 Å². The standard InChI is InChI=1S/C25H34N2O3S/c1-5-23(25(29)26-19(2)3)27(17-21-12-9-13-22(16-21)30-4)24(28)14-15-31-18-20-10-7-6-8-11-20/h6-13,16,19,23H,5,14-15,17-18H2,1-4H3,(H,26,29). The van der Waals surface area contributed by atoms with Crippen LogP contribution in [0.1, 0.15) is 44.7 Å². The van der Waals surface area contributed by atoms with Gasteiger partial charge in [-0.15, -0.1) is 0 Å². The second-order valence-corrected chi connectivity index (χ2v) is 8.85. The highest BCUT2D eigenvalue weighted by Crippen LogP contribution is 2.19. The van der Waals surface area contributed by atoms with Gasteiger partial charge in [-0.05, 0) is 43.5 Å². The Kier molecular flexibility index (Phi) is 10.4. The maximum Gasteiger partial charge on any atom is 0.243 e. The van der Waals surface area contributed by atoms with Crippen LogP contribution in [0.4, 0.5) is 0 Å². The fraction of sp³-hybridized carbons (Fsp3) is 0.440.